The molecule has 0 saturated heterocycles. The number of rotatable bonds is 8. The van der Waals surface area contributed by atoms with E-state index in [1.54, 1.807) is 67.0 Å². The topological polar surface area (TPSA) is 149 Å². The van der Waals surface area contributed by atoms with Crippen LogP contribution in [-0.2, 0) is 4.74 Å². The number of pyridine rings is 1. The highest BCUT2D eigenvalue weighted by molar-refractivity contribution is 6.06. The van der Waals surface area contributed by atoms with Crippen molar-refractivity contribution in [1.82, 2.24) is 14.4 Å². The lowest BCUT2D eigenvalue weighted by atomic mass is 10.1. The zero-order chi connectivity index (χ0) is 37.2. The lowest BCUT2D eigenvalue weighted by Crippen LogP contribution is -2.23. The van der Waals surface area contributed by atoms with Crippen LogP contribution < -0.4 is 5.32 Å². The van der Waals surface area contributed by atoms with Crippen molar-refractivity contribution in [2.45, 2.75) is 115 Å². The van der Waals surface area contributed by atoms with Gasteiger partial charge in [0.1, 0.15) is 22.8 Å². The number of hydrogen-bond donors (Lipinski definition) is 5. The van der Waals surface area contributed by atoms with Gasteiger partial charge in [-0.15, -0.1) is 0 Å². The van der Waals surface area contributed by atoms with Crippen LogP contribution in [0.4, 0.5) is 5.69 Å². The molecule has 0 radical (unpaired) electrons. The third kappa shape index (κ3) is 20.9. The SMILES string of the molecule is CC.CC.CC.CC.CC(C)(O)CO.CC(C)CCOC(C)C.O=Cc1cn2cc(NC(=O)c3cc4cc(O)ccc4[nH]3)ccc2n1. The maximum absolute atomic E-state index is 12.4. The second-order valence-corrected chi connectivity index (χ2v) is 10.4. The van der Waals surface area contributed by atoms with Crippen molar-refractivity contribution < 1.29 is 29.6 Å². The molecule has 0 spiro atoms. The third-order valence-electron chi connectivity index (χ3n) is 5.23. The largest absolute Gasteiger partial charge is 0.508 e. The first-order valence-corrected chi connectivity index (χ1v) is 16.8. The van der Waals surface area contributed by atoms with E-state index in [1.807, 2.05) is 55.4 Å². The standard InChI is InChI=1S/C17H12N4O3.C8H18O.C4H10O2.4C2H6/c22-9-12-8-21-7-11(1-4-16(21)18-12)19-17(24)15-6-10-5-13(23)2-3-14(10)20-15;1-7(2)5-6-9-8(3)4;1-4(2,6)3-5;4*1-2/h1-9,20,23H,(H,19,24);7-8H,5-6H2,1-4H3;5-6H,3H2,1-2H3;4*1-2H3. The number of hydrogen-bond acceptors (Lipinski definition) is 7. The minimum Gasteiger partial charge on any atom is -0.508 e. The molecule has 0 fully saturated rings. The first-order chi connectivity index (χ1) is 22.3. The van der Waals surface area contributed by atoms with E-state index in [1.165, 1.54) is 6.42 Å². The van der Waals surface area contributed by atoms with Gasteiger partial charge >= 0.3 is 0 Å². The second kappa shape index (κ2) is 27.4. The summed E-state index contributed by atoms with van der Waals surface area (Å²) in [4.78, 5) is 30.2. The van der Waals surface area contributed by atoms with E-state index in [9.17, 15) is 14.7 Å². The summed E-state index contributed by atoms with van der Waals surface area (Å²) >= 11 is 0. The number of fused-ring (bicyclic) bond motifs is 2. The van der Waals surface area contributed by atoms with Crippen LogP contribution in [0.1, 0.15) is 124 Å². The number of carbonyl (C=O) groups excluding carboxylic acids is 2. The Labute approximate surface area is 283 Å². The smallest absolute Gasteiger partial charge is 0.272 e. The van der Waals surface area contributed by atoms with Crippen LogP contribution in [0.5, 0.6) is 5.75 Å². The fourth-order valence-electron chi connectivity index (χ4n) is 3.12. The van der Waals surface area contributed by atoms with Crippen LogP contribution in [-0.4, -0.2) is 66.8 Å². The van der Waals surface area contributed by atoms with Crippen molar-refractivity contribution in [1.29, 1.82) is 0 Å². The molecule has 0 aliphatic rings. The number of nitrogens with one attached hydrogen (secondary N) is 2. The summed E-state index contributed by atoms with van der Waals surface area (Å²) in [5.74, 6) is 0.606. The molecule has 4 aromatic rings. The predicted octanol–water partition coefficient (Wildman–Crippen LogP) is 8.90. The Morgan fingerprint density at radius 3 is 2.04 bits per heavy atom. The number of aromatic hydroxyl groups is 1. The number of phenols is 1. The molecule has 5 N–H and O–H groups in total. The second-order valence-electron chi connectivity index (χ2n) is 10.4. The molecule has 47 heavy (non-hydrogen) atoms. The number of aliphatic hydroxyl groups is 2. The van der Waals surface area contributed by atoms with Crippen molar-refractivity contribution in [3.63, 3.8) is 0 Å². The van der Waals surface area contributed by atoms with Gasteiger partial charge in [0.2, 0.25) is 0 Å². The summed E-state index contributed by atoms with van der Waals surface area (Å²) in [6.45, 7) is 28.4. The molecular weight excluding hydrogens is 596 g/mol. The number of aromatic nitrogens is 3. The lowest BCUT2D eigenvalue weighted by molar-refractivity contribution is 0.0183. The van der Waals surface area contributed by atoms with Gasteiger partial charge in [-0.1, -0.05) is 69.2 Å². The number of aliphatic hydroxyl groups excluding tert-OH is 1. The molecule has 1 amide bonds. The monoisotopic (exact) mass is 660 g/mol. The first-order valence-electron chi connectivity index (χ1n) is 16.8. The van der Waals surface area contributed by atoms with Crippen molar-refractivity contribution in [3.8, 4) is 5.75 Å². The van der Waals surface area contributed by atoms with Crippen molar-refractivity contribution in [3.05, 3.63) is 60.2 Å². The number of aromatic amines is 1. The highest BCUT2D eigenvalue weighted by Crippen LogP contribution is 2.21. The van der Waals surface area contributed by atoms with Crippen molar-refractivity contribution >= 4 is 34.4 Å². The number of carbonyl (C=O) groups is 2. The van der Waals surface area contributed by atoms with Gasteiger partial charge in [-0.3, -0.25) is 9.59 Å². The molecule has 1 aromatic carbocycles. The number of ether oxygens (including phenoxy) is 1. The Hall–Kier alpha value is -3.73. The highest BCUT2D eigenvalue weighted by atomic mass is 16.5. The average molecular weight is 661 g/mol. The van der Waals surface area contributed by atoms with Crippen LogP contribution in [0.3, 0.4) is 0 Å². The summed E-state index contributed by atoms with van der Waals surface area (Å²) < 4.78 is 7.02. The molecule has 3 heterocycles. The Balaban J connectivity index is -0.000000702. The highest BCUT2D eigenvalue weighted by Gasteiger charge is 2.11. The molecule has 10 heteroatoms. The van der Waals surface area contributed by atoms with Gasteiger partial charge in [-0.05, 0) is 76.4 Å². The van der Waals surface area contributed by atoms with Crippen LogP contribution in [0.2, 0.25) is 0 Å². The van der Waals surface area contributed by atoms with E-state index >= 15 is 0 Å². The molecule has 0 saturated carbocycles. The van der Waals surface area contributed by atoms with Crippen LogP contribution in [0, 0.1) is 5.92 Å². The number of aldehydes is 1. The zero-order valence-corrected chi connectivity index (χ0v) is 31.4. The fraction of sp³-hybridized carbons (Fsp3) is 0.541. The number of amides is 1. The Bertz CT molecular complexity index is 1350. The van der Waals surface area contributed by atoms with Gasteiger partial charge in [0.05, 0.1) is 24.0 Å². The predicted molar refractivity (Wildman–Crippen MR) is 198 cm³/mol. The minimum absolute atomic E-state index is 0.144. The fourth-order valence-corrected chi connectivity index (χ4v) is 3.12. The number of imidazole rings is 1. The van der Waals surface area contributed by atoms with E-state index in [0.29, 0.717) is 35.1 Å². The van der Waals surface area contributed by atoms with Gasteiger partial charge in [0, 0.05) is 29.9 Å². The van der Waals surface area contributed by atoms with Gasteiger partial charge in [0.15, 0.2) is 6.29 Å². The number of phenolic OH excluding ortho intramolecular Hbond substituents is 1. The number of benzene rings is 1. The molecule has 4 rings (SSSR count). The number of H-pyrrole nitrogens is 1. The minimum atomic E-state index is -0.903. The first kappa shape index (κ1) is 47.7. The molecular formula is C37H64N4O6. The summed E-state index contributed by atoms with van der Waals surface area (Å²) in [5.41, 5.74) is 1.77. The van der Waals surface area contributed by atoms with Gasteiger partial charge < -0.3 is 34.8 Å². The normalized spacial score (nSPS) is 9.83. The molecule has 268 valence electrons. The van der Waals surface area contributed by atoms with Crippen molar-refractivity contribution in [2.24, 2.45) is 5.92 Å². The summed E-state index contributed by atoms with van der Waals surface area (Å²) in [6, 6.07) is 9.94. The summed E-state index contributed by atoms with van der Waals surface area (Å²) in [6.07, 6.45) is 5.51. The van der Waals surface area contributed by atoms with Crippen LogP contribution in [0.25, 0.3) is 16.6 Å². The van der Waals surface area contributed by atoms with Crippen LogP contribution >= 0.6 is 0 Å². The van der Waals surface area contributed by atoms with Gasteiger partial charge in [-0.25, -0.2) is 4.98 Å². The number of anilines is 1. The molecule has 0 aliphatic heterocycles. The van der Waals surface area contributed by atoms with Gasteiger partial charge in [-0.2, -0.15) is 0 Å². The van der Waals surface area contributed by atoms with E-state index < -0.39 is 5.60 Å². The Morgan fingerprint density at radius 2 is 1.55 bits per heavy atom. The molecule has 10 nitrogen and oxygen atoms in total. The van der Waals surface area contributed by atoms with E-state index in [2.05, 4.69) is 43.0 Å². The van der Waals surface area contributed by atoms with E-state index in [4.69, 9.17) is 14.9 Å². The average Bonchev–Trinajstić information content (AvgIpc) is 3.68. The Morgan fingerprint density at radius 1 is 0.979 bits per heavy atom. The molecule has 0 unspecified atom stereocenters. The molecule has 0 atom stereocenters. The van der Waals surface area contributed by atoms with E-state index in [0.717, 1.165) is 23.4 Å². The maximum Gasteiger partial charge on any atom is 0.272 e. The molecule has 0 bridgehead atoms. The molecule has 3 aromatic heterocycles. The quantitative estimate of drug-likeness (QED) is 0.118. The summed E-state index contributed by atoms with van der Waals surface area (Å²) in [5, 5.41) is 29.8. The third-order valence-corrected chi connectivity index (χ3v) is 5.23. The van der Waals surface area contributed by atoms with E-state index in [-0.39, 0.29) is 18.3 Å². The van der Waals surface area contributed by atoms with Crippen molar-refractivity contribution in [2.75, 3.05) is 18.5 Å². The van der Waals surface area contributed by atoms with Gasteiger partial charge in [0.25, 0.3) is 5.91 Å². The Kier molecular flexibility index (Phi) is 27.8. The zero-order valence-electron chi connectivity index (χ0n) is 31.4. The maximum atomic E-state index is 12.4. The number of nitrogens with zero attached hydrogens (tertiary/aromatic N) is 2. The lowest BCUT2D eigenvalue weighted by Gasteiger charge is -2.10. The molecule has 0 aliphatic carbocycles. The summed E-state index contributed by atoms with van der Waals surface area (Å²) in [7, 11) is 0. The van der Waals surface area contributed by atoms with Crippen LogP contribution in [0.15, 0.2) is 48.8 Å².